The Labute approximate surface area is 80.8 Å². The second-order valence-corrected chi connectivity index (χ2v) is 3.61. The summed E-state index contributed by atoms with van der Waals surface area (Å²) in [7, 11) is 0. The Bertz CT molecular complexity index is 186. The van der Waals surface area contributed by atoms with Crippen molar-refractivity contribution in [3.63, 3.8) is 0 Å². The molecular weight excluding hydrogens is 162 g/mol. The summed E-state index contributed by atoms with van der Waals surface area (Å²) in [4.78, 5) is 0. The van der Waals surface area contributed by atoms with Gasteiger partial charge in [-0.1, -0.05) is 0 Å². The van der Waals surface area contributed by atoms with Gasteiger partial charge in [-0.05, 0) is 32.1 Å². The van der Waals surface area contributed by atoms with Crippen LogP contribution in [0.15, 0.2) is 0 Å². The molecule has 1 saturated heterocycles. The second-order valence-electron chi connectivity index (χ2n) is 3.61. The van der Waals surface area contributed by atoms with Crippen molar-refractivity contribution >= 4 is 0 Å². The highest BCUT2D eigenvalue weighted by Gasteiger charge is 2.20. The number of rotatable bonds is 3. The van der Waals surface area contributed by atoms with Crippen LogP contribution in [0, 0.1) is 17.8 Å². The van der Waals surface area contributed by atoms with E-state index in [-0.39, 0.29) is 6.04 Å². The monoisotopic (exact) mass is 181 g/mol. The molecule has 0 spiro atoms. The van der Waals surface area contributed by atoms with Crippen LogP contribution in [-0.4, -0.2) is 19.3 Å². The maximum Gasteiger partial charge on any atom is 0.0509 e. The van der Waals surface area contributed by atoms with E-state index in [1.165, 1.54) is 6.42 Å². The second kappa shape index (κ2) is 6.01. The van der Waals surface area contributed by atoms with Crippen LogP contribution in [0.4, 0.5) is 0 Å². The van der Waals surface area contributed by atoms with Crippen molar-refractivity contribution in [3.05, 3.63) is 0 Å². The fourth-order valence-electron chi connectivity index (χ4n) is 1.70. The minimum atomic E-state index is 0.279. The van der Waals surface area contributed by atoms with Gasteiger partial charge in [-0.3, -0.25) is 0 Å². The fraction of sp³-hybridized carbons (Fsp3) is 0.818. The summed E-state index contributed by atoms with van der Waals surface area (Å²) in [6, 6.07) is 0.279. The van der Waals surface area contributed by atoms with E-state index in [1.807, 2.05) is 6.92 Å². The average molecular weight is 181 g/mol. The Morgan fingerprint density at radius 2 is 2.46 bits per heavy atom. The molecule has 1 rings (SSSR count). The van der Waals surface area contributed by atoms with Gasteiger partial charge in [0, 0.05) is 19.1 Å². The van der Waals surface area contributed by atoms with Crippen molar-refractivity contribution in [2.45, 2.75) is 38.6 Å². The van der Waals surface area contributed by atoms with Crippen molar-refractivity contribution in [1.82, 2.24) is 0 Å². The number of hydrogen-bond acceptors (Lipinski definition) is 2. The van der Waals surface area contributed by atoms with Crippen LogP contribution in [-0.2, 0) is 4.74 Å². The normalized spacial score (nSPS) is 24.6. The van der Waals surface area contributed by atoms with Crippen molar-refractivity contribution < 1.29 is 4.74 Å². The molecule has 74 valence electrons. The van der Waals surface area contributed by atoms with Crippen LogP contribution < -0.4 is 5.73 Å². The Morgan fingerprint density at radius 1 is 1.62 bits per heavy atom. The molecule has 0 bridgehead atoms. The van der Waals surface area contributed by atoms with E-state index in [1.54, 1.807) is 0 Å². The number of ether oxygens (including phenoxy) is 1. The first-order valence-corrected chi connectivity index (χ1v) is 5.07. The summed E-state index contributed by atoms with van der Waals surface area (Å²) >= 11 is 0. The van der Waals surface area contributed by atoms with Crippen LogP contribution in [0.2, 0.25) is 0 Å². The van der Waals surface area contributed by atoms with E-state index in [0.29, 0.717) is 5.92 Å². The molecule has 0 aromatic heterocycles. The summed E-state index contributed by atoms with van der Waals surface area (Å²) in [6.45, 7) is 3.63. The van der Waals surface area contributed by atoms with E-state index in [4.69, 9.17) is 10.5 Å². The molecule has 0 aliphatic carbocycles. The smallest absolute Gasteiger partial charge is 0.0509 e. The molecule has 2 unspecified atom stereocenters. The SMILES string of the molecule is CC#CCCC(N)C1CCCOC1. The zero-order valence-electron chi connectivity index (χ0n) is 8.38. The maximum atomic E-state index is 6.04. The predicted molar refractivity (Wildman–Crippen MR) is 54.2 cm³/mol. The van der Waals surface area contributed by atoms with Gasteiger partial charge in [0.1, 0.15) is 0 Å². The highest BCUT2D eigenvalue weighted by atomic mass is 16.5. The van der Waals surface area contributed by atoms with Gasteiger partial charge in [0.2, 0.25) is 0 Å². The predicted octanol–water partition coefficient (Wildman–Crippen LogP) is 1.54. The zero-order valence-corrected chi connectivity index (χ0v) is 8.38. The van der Waals surface area contributed by atoms with Gasteiger partial charge in [0.25, 0.3) is 0 Å². The van der Waals surface area contributed by atoms with Crippen LogP contribution in [0.1, 0.15) is 32.6 Å². The van der Waals surface area contributed by atoms with E-state index >= 15 is 0 Å². The van der Waals surface area contributed by atoms with Gasteiger partial charge in [-0.2, -0.15) is 0 Å². The maximum absolute atomic E-state index is 6.04. The molecule has 1 aliphatic rings. The minimum absolute atomic E-state index is 0.279. The lowest BCUT2D eigenvalue weighted by Gasteiger charge is -2.27. The lowest BCUT2D eigenvalue weighted by Crippen LogP contribution is -2.35. The highest BCUT2D eigenvalue weighted by Crippen LogP contribution is 2.18. The van der Waals surface area contributed by atoms with Crippen molar-refractivity contribution in [2.24, 2.45) is 11.7 Å². The van der Waals surface area contributed by atoms with Gasteiger partial charge in [-0.15, -0.1) is 11.8 Å². The van der Waals surface area contributed by atoms with E-state index in [0.717, 1.165) is 32.5 Å². The first-order valence-electron chi connectivity index (χ1n) is 5.07. The van der Waals surface area contributed by atoms with E-state index < -0.39 is 0 Å². The third-order valence-electron chi connectivity index (χ3n) is 2.58. The molecule has 2 atom stereocenters. The van der Waals surface area contributed by atoms with Gasteiger partial charge >= 0.3 is 0 Å². The van der Waals surface area contributed by atoms with Crippen molar-refractivity contribution in [2.75, 3.05) is 13.2 Å². The summed E-state index contributed by atoms with van der Waals surface area (Å²) in [5.41, 5.74) is 6.04. The average Bonchev–Trinajstić information content (AvgIpc) is 2.19. The molecule has 2 N–H and O–H groups in total. The van der Waals surface area contributed by atoms with Crippen molar-refractivity contribution in [1.29, 1.82) is 0 Å². The molecule has 1 aliphatic heterocycles. The number of nitrogens with two attached hydrogens (primary N) is 1. The Morgan fingerprint density at radius 3 is 3.08 bits per heavy atom. The molecule has 1 heterocycles. The number of hydrogen-bond donors (Lipinski definition) is 1. The minimum Gasteiger partial charge on any atom is -0.381 e. The Hall–Kier alpha value is -0.520. The topological polar surface area (TPSA) is 35.2 Å². The van der Waals surface area contributed by atoms with Crippen LogP contribution in [0.25, 0.3) is 0 Å². The molecule has 1 fully saturated rings. The molecule has 0 aromatic carbocycles. The van der Waals surface area contributed by atoms with Crippen LogP contribution >= 0.6 is 0 Å². The van der Waals surface area contributed by atoms with Crippen LogP contribution in [0.5, 0.6) is 0 Å². The summed E-state index contributed by atoms with van der Waals surface area (Å²) in [6.07, 6.45) is 4.32. The first kappa shape index (κ1) is 10.6. The lowest BCUT2D eigenvalue weighted by atomic mass is 9.91. The zero-order chi connectivity index (χ0) is 9.52. The van der Waals surface area contributed by atoms with Gasteiger partial charge < -0.3 is 10.5 Å². The third kappa shape index (κ3) is 3.80. The Balaban J connectivity index is 2.19. The van der Waals surface area contributed by atoms with Crippen molar-refractivity contribution in [3.8, 4) is 11.8 Å². The molecule has 2 nitrogen and oxygen atoms in total. The summed E-state index contributed by atoms with van der Waals surface area (Å²) < 4.78 is 5.39. The highest BCUT2D eigenvalue weighted by molar-refractivity contribution is 4.95. The Kier molecular flexibility index (Phi) is 4.88. The molecule has 0 amide bonds. The first-order chi connectivity index (χ1) is 6.34. The van der Waals surface area contributed by atoms with Crippen LogP contribution in [0.3, 0.4) is 0 Å². The quantitative estimate of drug-likeness (QED) is 0.670. The molecule has 0 saturated carbocycles. The molecule has 13 heavy (non-hydrogen) atoms. The van der Waals surface area contributed by atoms with Gasteiger partial charge in [0.05, 0.1) is 6.61 Å². The molecule has 2 heteroatoms. The van der Waals surface area contributed by atoms with Gasteiger partial charge in [-0.25, -0.2) is 0 Å². The largest absolute Gasteiger partial charge is 0.381 e. The van der Waals surface area contributed by atoms with Gasteiger partial charge in [0.15, 0.2) is 0 Å². The molecule has 0 radical (unpaired) electrons. The molecular formula is C11H19NO. The fourth-order valence-corrected chi connectivity index (χ4v) is 1.70. The molecule has 0 aromatic rings. The summed E-state index contributed by atoms with van der Waals surface area (Å²) in [5, 5.41) is 0. The van der Waals surface area contributed by atoms with E-state index in [2.05, 4.69) is 11.8 Å². The third-order valence-corrected chi connectivity index (χ3v) is 2.58. The lowest BCUT2D eigenvalue weighted by molar-refractivity contribution is 0.0440. The summed E-state index contributed by atoms with van der Waals surface area (Å²) in [5.74, 6) is 6.50. The standard InChI is InChI=1S/C11H19NO/c1-2-3-4-7-11(12)10-6-5-8-13-9-10/h10-11H,4-9,12H2,1H3. The van der Waals surface area contributed by atoms with E-state index in [9.17, 15) is 0 Å².